The fourth-order valence-corrected chi connectivity index (χ4v) is 4.83. The van der Waals surface area contributed by atoms with E-state index in [1.807, 2.05) is 0 Å². The third kappa shape index (κ3) is 7.24. The molecule has 3 aromatic carbocycles. The second kappa shape index (κ2) is 12.8. The third-order valence-corrected chi connectivity index (χ3v) is 7.15. The van der Waals surface area contributed by atoms with Gasteiger partial charge in [0.05, 0.1) is 0 Å². The van der Waals surface area contributed by atoms with Gasteiger partial charge in [-0.2, -0.15) is 0 Å². The van der Waals surface area contributed by atoms with Crippen molar-refractivity contribution >= 4 is 8.60 Å². The van der Waals surface area contributed by atoms with Crippen molar-refractivity contribution in [1.82, 2.24) is 0 Å². The summed E-state index contributed by atoms with van der Waals surface area (Å²) in [4.78, 5) is 0. The molecule has 0 saturated carbocycles. The Morgan fingerprint density at radius 3 is 0.765 bits per heavy atom. The van der Waals surface area contributed by atoms with Crippen LogP contribution in [0, 0.1) is 0 Å². The van der Waals surface area contributed by atoms with Crippen LogP contribution in [-0.2, 0) is 38.5 Å². The van der Waals surface area contributed by atoms with Gasteiger partial charge in [0, 0.05) is 0 Å². The van der Waals surface area contributed by atoms with Gasteiger partial charge in [0.15, 0.2) is 0 Å². The maximum atomic E-state index is 6.42. The average molecular weight is 479 g/mol. The predicted molar refractivity (Wildman–Crippen MR) is 144 cm³/mol. The Balaban J connectivity index is 1.96. The molecule has 4 heteroatoms. The summed E-state index contributed by atoms with van der Waals surface area (Å²) >= 11 is 0. The Hall–Kier alpha value is -2.51. The van der Waals surface area contributed by atoms with Crippen molar-refractivity contribution in [2.24, 2.45) is 0 Å². The molecule has 0 atom stereocenters. The van der Waals surface area contributed by atoms with Crippen LogP contribution in [0.4, 0.5) is 0 Å². The Labute approximate surface area is 207 Å². The first kappa shape index (κ1) is 26.1. The van der Waals surface area contributed by atoms with E-state index in [2.05, 4.69) is 96.1 Å². The van der Waals surface area contributed by atoms with Crippen molar-refractivity contribution in [2.45, 2.75) is 80.1 Å². The van der Waals surface area contributed by atoms with Crippen LogP contribution in [0.1, 0.15) is 74.9 Å². The number of aryl methyl sites for hydroxylation is 6. The fraction of sp³-hybridized carbons (Fsp3) is 0.400. The zero-order valence-electron chi connectivity index (χ0n) is 21.6. The lowest BCUT2D eigenvalue weighted by Crippen LogP contribution is -2.04. The van der Waals surface area contributed by atoms with Gasteiger partial charge in [-0.05, 0) is 108 Å². The molecule has 3 nitrogen and oxygen atoms in total. The summed E-state index contributed by atoms with van der Waals surface area (Å²) in [5.74, 6) is 2.39. The highest BCUT2D eigenvalue weighted by molar-refractivity contribution is 7.43. The van der Waals surface area contributed by atoms with E-state index in [-0.39, 0.29) is 0 Å². The molecule has 0 aliphatic rings. The quantitative estimate of drug-likeness (QED) is 0.243. The van der Waals surface area contributed by atoms with Gasteiger partial charge in [-0.1, -0.05) is 59.7 Å². The second-order valence-electron chi connectivity index (χ2n) is 8.57. The van der Waals surface area contributed by atoms with Crippen LogP contribution < -0.4 is 13.6 Å². The van der Waals surface area contributed by atoms with Crippen LogP contribution in [-0.4, -0.2) is 0 Å². The van der Waals surface area contributed by atoms with Gasteiger partial charge in [-0.3, -0.25) is 0 Å². The van der Waals surface area contributed by atoms with Crippen LogP contribution in [0.25, 0.3) is 0 Å². The lowest BCUT2D eigenvalue weighted by molar-refractivity contribution is 0.387. The molecule has 0 radical (unpaired) electrons. The number of rotatable bonds is 12. The lowest BCUT2D eigenvalue weighted by Gasteiger charge is -2.20. The fourth-order valence-electron chi connectivity index (χ4n) is 3.88. The molecule has 0 saturated heterocycles. The summed E-state index contributed by atoms with van der Waals surface area (Å²) in [6.45, 7) is 13.0. The molecule has 0 bridgehead atoms. The summed E-state index contributed by atoms with van der Waals surface area (Å²) in [6.07, 6.45) is 5.75. The van der Waals surface area contributed by atoms with Crippen molar-refractivity contribution in [1.29, 1.82) is 0 Å². The van der Waals surface area contributed by atoms with Crippen LogP contribution in [0.5, 0.6) is 17.2 Å². The Morgan fingerprint density at radius 2 is 0.588 bits per heavy atom. The predicted octanol–water partition coefficient (Wildman–Crippen LogP) is 8.82. The van der Waals surface area contributed by atoms with Gasteiger partial charge in [0.2, 0.25) is 0 Å². The molecule has 3 aromatic rings. The standard InChI is InChI=1S/C30H39O3P/c1-7-22-13-23(8-2)17-28(16-22)31-34(32-29-18-24(9-3)14-25(10-4)19-29)33-30-20-26(11-5)15-27(12-6)21-30/h13-21H,7-12H2,1-6H3. The highest BCUT2D eigenvalue weighted by Gasteiger charge is 2.21. The zero-order valence-corrected chi connectivity index (χ0v) is 22.5. The third-order valence-electron chi connectivity index (χ3n) is 6.07. The van der Waals surface area contributed by atoms with E-state index in [1.165, 1.54) is 33.4 Å². The van der Waals surface area contributed by atoms with E-state index >= 15 is 0 Å². The minimum absolute atomic E-state index is 0.798. The zero-order chi connectivity index (χ0) is 24.5. The summed E-state index contributed by atoms with van der Waals surface area (Å²) in [6, 6.07) is 19.3. The molecule has 0 spiro atoms. The first-order valence-electron chi connectivity index (χ1n) is 12.7. The lowest BCUT2D eigenvalue weighted by atomic mass is 10.1. The Morgan fingerprint density at radius 1 is 0.382 bits per heavy atom. The van der Waals surface area contributed by atoms with Crippen molar-refractivity contribution in [3.8, 4) is 17.2 Å². The number of hydrogen-bond donors (Lipinski definition) is 0. The van der Waals surface area contributed by atoms with Crippen LogP contribution in [0.15, 0.2) is 54.6 Å². The molecule has 0 amide bonds. The van der Waals surface area contributed by atoms with Crippen molar-refractivity contribution in [3.63, 3.8) is 0 Å². The van der Waals surface area contributed by atoms with E-state index in [1.54, 1.807) is 0 Å². The van der Waals surface area contributed by atoms with Crippen LogP contribution in [0.2, 0.25) is 0 Å². The first-order valence-corrected chi connectivity index (χ1v) is 13.8. The maximum absolute atomic E-state index is 6.42. The molecule has 0 aliphatic heterocycles. The van der Waals surface area contributed by atoms with Gasteiger partial charge in [-0.15, -0.1) is 0 Å². The van der Waals surface area contributed by atoms with Crippen molar-refractivity contribution in [2.75, 3.05) is 0 Å². The topological polar surface area (TPSA) is 27.7 Å². The molecule has 0 heterocycles. The molecule has 0 aromatic heterocycles. The highest BCUT2D eigenvalue weighted by Crippen LogP contribution is 2.43. The summed E-state index contributed by atoms with van der Waals surface area (Å²) in [5.41, 5.74) is 7.54. The first-order chi connectivity index (χ1) is 16.5. The van der Waals surface area contributed by atoms with Gasteiger partial charge in [0.1, 0.15) is 17.2 Å². The van der Waals surface area contributed by atoms with Crippen LogP contribution >= 0.6 is 8.60 Å². The van der Waals surface area contributed by atoms with Crippen LogP contribution in [0.3, 0.4) is 0 Å². The smallest absolute Gasteiger partial charge is 0.408 e. The normalized spacial score (nSPS) is 11.0. The minimum Gasteiger partial charge on any atom is -0.408 e. The molecule has 0 aliphatic carbocycles. The van der Waals surface area contributed by atoms with Crippen molar-refractivity contribution < 1.29 is 13.6 Å². The molecule has 0 N–H and O–H groups in total. The molecule has 0 fully saturated rings. The molecular formula is C30H39O3P. The van der Waals surface area contributed by atoms with Gasteiger partial charge < -0.3 is 13.6 Å². The maximum Gasteiger partial charge on any atom is 0.530 e. The molecule has 0 unspecified atom stereocenters. The summed E-state index contributed by atoms with van der Waals surface area (Å²) in [7, 11) is -1.69. The van der Waals surface area contributed by atoms with E-state index < -0.39 is 8.60 Å². The highest BCUT2D eigenvalue weighted by atomic mass is 31.2. The Bertz CT molecular complexity index is 873. The summed E-state index contributed by atoms with van der Waals surface area (Å²) < 4.78 is 19.3. The minimum atomic E-state index is -1.69. The van der Waals surface area contributed by atoms with E-state index in [0.717, 1.165) is 55.8 Å². The average Bonchev–Trinajstić information content (AvgIpc) is 2.87. The molecular weight excluding hydrogens is 439 g/mol. The molecule has 3 rings (SSSR count). The van der Waals surface area contributed by atoms with E-state index in [4.69, 9.17) is 13.6 Å². The SMILES string of the molecule is CCc1cc(CC)cc(OP(Oc2cc(CC)cc(CC)c2)Oc2cc(CC)cc(CC)c2)c1. The number of hydrogen-bond acceptors (Lipinski definition) is 3. The van der Waals surface area contributed by atoms with Crippen molar-refractivity contribution in [3.05, 3.63) is 88.0 Å². The summed E-state index contributed by atoms with van der Waals surface area (Å²) in [5, 5.41) is 0. The van der Waals surface area contributed by atoms with Gasteiger partial charge in [0.25, 0.3) is 0 Å². The molecule has 34 heavy (non-hydrogen) atoms. The monoisotopic (exact) mass is 478 g/mol. The van der Waals surface area contributed by atoms with Gasteiger partial charge in [-0.25, -0.2) is 0 Å². The van der Waals surface area contributed by atoms with E-state index in [0.29, 0.717) is 0 Å². The van der Waals surface area contributed by atoms with E-state index in [9.17, 15) is 0 Å². The number of benzene rings is 3. The second-order valence-corrected chi connectivity index (χ2v) is 9.57. The largest absolute Gasteiger partial charge is 0.530 e. The van der Waals surface area contributed by atoms with Gasteiger partial charge >= 0.3 is 8.60 Å². The molecule has 182 valence electrons. The Kier molecular flexibility index (Phi) is 9.84.